The van der Waals surface area contributed by atoms with E-state index in [4.69, 9.17) is 4.74 Å². The van der Waals surface area contributed by atoms with Crippen LogP contribution in [0.25, 0.3) is 10.6 Å². The van der Waals surface area contributed by atoms with Crippen LogP contribution in [0.15, 0.2) is 72.1 Å². The summed E-state index contributed by atoms with van der Waals surface area (Å²) in [4.78, 5) is 16.8. The Morgan fingerprint density at radius 3 is 2.50 bits per heavy atom. The second kappa shape index (κ2) is 9.65. The van der Waals surface area contributed by atoms with Crippen molar-refractivity contribution in [3.63, 3.8) is 0 Å². The van der Waals surface area contributed by atoms with Crippen molar-refractivity contribution in [2.75, 3.05) is 0 Å². The zero-order chi connectivity index (χ0) is 22.5. The Morgan fingerprint density at radius 2 is 1.72 bits per heavy atom. The molecule has 0 aliphatic heterocycles. The summed E-state index contributed by atoms with van der Waals surface area (Å²) in [7, 11) is 0. The molecule has 4 nitrogen and oxygen atoms in total. The minimum atomic E-state index is -0.683. The largest absolute Gasteiger partial charge is 0.488 e. The van der Waals surface area contributed by atoms with Gasteiger partial charge in [-0.1, -0.05) is 24.3 Å². The molecule has 0 radical (unpaired) electrons. The number of nitrogens with one attached hydrogen (secondary N) is 1. The van der Waals surface area contributed by atoms with Crippen molar-refractivity contribution in [1.82, 2.24) is 10.3 Å². The molecule has 8 heteroatoms. The van der Waals surface area contributed by atoms with Gasteiger partial charge in [0.25, 0.3) is 5.91 Å². The molecule has 0 saturated heterocycles. The maximum atomic E-state index is 13.9. The van der Waals surface area contributed by atoms with Crippen LogP contribution in [0.1, 0.15) is 21.6 Å². The van der Waals surface area contributed by atoms with E-state index >= 15 is 0 Å². The highest BCUT2D eigenvalue weighted by molar-refractivity contribution is 7.13. The minimum Gasteiger partial charge on any atom is -0.488 e. The third-order valence-corrected chi connectivity index (χ3v) is 5.49. The average Bonchev–Trinajstić information content (AvgIpc) is 3.28. The second-order valence-electron chi connectivity index (χ2n) is 6.87. The van der Waals surface area contributed by atoms with E-state index in [2.05, 4.69) is 10.3 Å². The second-order valence-corrected chi connectivity index (χ2v) is 7.73. The van der Waals surface area contributed by atoms with E-state index in [0.29, 0.717) is 16.3 Å². The summed E-state index contributed by atoms with van der Waals surface area (Å²) < 4.78 is 45.7. The number of carbonyl (C=O) groups is 1. The third kappa shape index (κ3) is 5.15. The molecule has 3 aromatic carbocycles. The van der Waals surface area contributed by atoms with Gasteiger partial charge >= 0.3 is 0 Å². The maximum Gasteiger partial charge on any atom is 0.271 e. The van der Waals surface area contributed by atoms with Crippen molar-refractivity contribution >= 4 is 17.2 Å². The lowest BCUT2D eigenvalue weighted by Gasteiger charge is -2.10. The maximum absolute atomic E-state index is 13.9. The van der Waals surface area contributed by atoms with Crippen molar-refractivity contribution in [2.24, 2.45) is 0 Å². The van der Waals surface area contributed by atoms with Crippen LogP contribution in [0.2, 0.25) is 0 Å². The smallest absolute Gasteiger partial charge is 0.271 e. The molecule has 32 heavy (non-hydrogen) atoms. The molecule has 0 spiro atoms. The van der Waals surface area contributed by atoms with Crippen LogP contribution in [-0.2, 0) is 13.2 Å². The van der Waals surface area contributed by atoms with Crippen LogP contribution in [0.5, 0.6) is 5.75 Å². The predicted molar refractivity (Wildman–Crippen MR) is 116 cm³/mol. The number of benzene rings is 3. The van der Waals surface area contributed by atoms with Gasteiger partial charge in [-0.15, -0.1) is 11.3 Å². The van der Waals surface area contributed by atoms with Gasteiger partial charge in [-0.2, -0.15) is 0 Å². The molecule has 0 saturated carbocycles. The van der Waals surface area contributed by atoms with Gasteiger partial charge in [-0.25, -0.2) is 18.2 Å². The number of halogens is 3. The van der Waals surface area contributed by atoms with E-state index < -0.39 is 11.6 Å². The van der Waals surface area contributed by atoms with Crippen molar-refractivity contribution < 1.29 is 22.7 Å². The van der Waals surface area contributed by atoms with Crippen molar-refractivity contribution in [2.45, 2.75) is 13.2 Å². The standard InChI is InChI=1S/C24H17F3N2O2S/c25-17-8-5-15(6-9-17)12-28-23(30)21-14-32-24(29-21)19-3-1-2-4-22(19)31-13-16-7-10-18(26)11-20(16)27/h1-11,14H,12-13H2,(H,28,30). The molecule has 0 atom stereocenters. The number of ether oxygens (including phenoxy) is 1. The molecule has 0 bridgehead atoms. The van der Waals surface area contributed by atoms with Crippen LogP contribution < -0.4 is 10.1 Å². The summed E-state index contributed by atoms with van der Waals surface area (Å²) in [5, 5.41) is 4.94. The third-order valence-electron chi connectivity index (χ3n) is 4.62. The molecule has 1 heterocycles. The lowest BCUT2D eigenvalue weighted by molar-refractivity contribution is 0.0946. The molecule has 0 fully saturated rings. The van der Waals surface area contributed by atoms with Gasteiger partial charge in [0, 0.05) is 23.6 Å². The molecule has 4 rings (SSSR count). The molecular formula is C24H17F3N2O2S. The van der Waals surface area contributed by atoms with Gasteiger partial charge in [0.05, 0.1) is 5.56 Å². The lowest BCUT2D eigenvalue weighted by atomic mass is 10.2. The minimum absolute atomic E-state index is 0.0838. The van der Waals surface area contributed by atoms with E-state index in [1.54, 1.807) is 41.8 Å². The molecular weight excluding hydrogens is 437 g/mol. The van der Waals surface area contributed by atoms with Gasteiger partial charge < -0.3 is 10.1 Å². The summed E-state index contributed by atoms with van der Waals surface area (Å²) in [5.74, 6) is -1.57. The van der Waals surface area contributed by atoms with Gasteiger partial charge in [-0.3, -0.25) is 4.79 Å². The highest BCUT2D eigenvalue weighted by atomic mass is 32.1. The van der Waals surface area contributed by atoms with Gasteiger partial charge in [0.1, 0.15) is 40.5 Å². The van der Waals surface area contributed by atoms with E-state index in [1.807, 2.05) is 0 Å². The van der Waals surface area contributed by atoms with Crippen molar-refractivity contribution in [1.29, 1.82) is 0 Å². The van der Waals surface area contributed by atoms with Gasteiger partial charge in [-0.05, 0) is 42.0 Å². The highest BCUT2D eigenvalue weighted by Crippen LogP contribution is 2.33. The van der Waals surface area contributed by atoms with Crippen LogP contribution in [0.4, 0.5) is 13.2 Å². The average molecular weight is 454 g/mol. The fraction of sp³-hybridized carbons (Fsp3) is 0.0833. The number of hydrogen-bond donors (Lipinski definition) is 1. The topological polar surface area (TPSA) is 51.2 Å². The number of aromatic nitrogens is 1. The summed E-state index contributed by atoms with van der Waals surface area (Å²) in [6, 6.07) is 16.2. The van der Waals surface area contributed by atoms with E-state index in [9.17, 15) is 18.0 Å². The monoisotopic (exact) mass is 454 g/mol. The first kappa shape index (κ1) is 21.6. The normalized spacial score (nSPS) is 10.7. The predicted octanol–water partition coefficient (Wildman–Crippen LogP) is 5.74. The Hall–Kier alpha value is -3.65. The molecule has 0 aliphatic rings. The van der Waals surface area contributed by atoms with Gasteiger partial charge in [0.15, 0.2) is 0 Å². The van der Waals surface area contributed by atoms with E-state index in [0.717, 1.165) is 11.6 Å². The molecule has 0 unspecified atom stereocenters. The van der Waals surface area contributed by atoms with Crippen LogP contribution in [0.3, 0.4) is 0 Å². The zero-order valence-electron chi connectivity index (χ0n) is 16.6. The van der Waals surface area contributed by atoms with E-state index in [1.165, 1.54) is 35.6 Å². The Balaban J connectivity index is 1.45. The number of nitrogens with zero attached hydrogens (tertiary/aromatic N) is 1. The number of hydrogen-bond acceptors (Lipinski definition) is 4. The van der Waals surface area contributed by atoms with Crippen molar-refractivity contribution in [3.05, 3.63) is 106 Å². The number of amides is 1. The number of thiazole rings is 1. The summed E-state index contributed by atoms with van der Waals surface area (Å²) in [6.07, 6.45) is 0. The molecule has 4 aromatic rings. The Morgan fingerprint density at radius 1 is 0.969 bits per heavy atom. The summed E-state index contributed by atoms with van der Waals surface area (Å²) in [5.41, 5.74) is 1.88. The van der Waals surface area contributed by atoms with Crippen LogP contribution >= 0.6 is 11.3 Å². The first-order valence-electron chi connectivity index (χ1n) is 9.64. The molecule has 1 N–H and O–H groups in total. The fourth-order valence-corrected chi connectivity index (χ4v) is 3.77. The quantitative estimate of drug-likeness (QED) is 0.388. The Kier molecular flexibility index (Phi) is 6.51. The summed E-state index contributed by atoms with van der Waals surface area (Å²) >= 11 is 1.27. The Bertz CT molecular complexity index is 1240. The summed E-state index contributed by atoms with van der Waals surface area (Å²) in [6.45, 7) is 0.161. The van der Waals surface area contributed by atoms with Gasteiger partial charge in [0.2, 0.25) is 0 Å². The molecule has 0 aliphatic carbocycles. The molecule has 162 valence electrons. The fourth-order valence-electron chi connectivity index (χ4n) is 2.94. The molecule has 1 amide bonds. The first-order valence-corrected chi connectivity index (χ1v) is 10.5. The van der Waals surface area contributed by atoms with E-state index in [-0.39, 0.29) is 36.1 Å². The Labute approximate surface area is 186 Å². The van der Waals surface area contributed by atoms with Crippen molar-refractivity contribution in [3.8, 4) is 16.3 Å². The van der Waals surface area contributed by atoms with Crippen LogP contribution in [-0.4, -0.2) is 10.9 Å². The number of para-hydroxylation sites is 1. The first-order chi connectivity index (χ1) is 15.5. The lowest BCUT2D eigenvalue weighted by Crippen LogP contribution is -2.23. The van der Waals surface area contributed by atoms with Crippen LogP contribution in [0, 0.1) is 17.5 Å². The molecule has 1 aromatic heterocycles. The SMILES string of the molecule is O=C(NCc1ccc(F)cc1)c1csc(-c2ccccc2OCc2ccc(F)cc2F)n1. The zero-order valence-corrected chi connectivity index (χ0v) is 17.5. The highest BCUT2D eigenvalue weighted by Gasteiger charge is 2.15. The number of rotatable bonds is 7. The number of carbonyl (C=O) groups excluding carboxylic acids is 1.